The zero-order valence-corrected chi connectivity index (χ0v) is 7.32. The van der Waals surface area contributed by atoms with Gasteiger partial charge in [-0.25, -0.2) is 4.79 Å². The summed E-state index contributed by atoms with van der Waals surface area (Å²) in [5, 5.41) is 17.1. The van der Waals surface area contributed by atoms with Crippen LogP contribution in [-0.2, 0) is 14.3 Å². The third-order valence-electron chi connectivity index (χ3n) is 1.24. The Morgan fingerprint density at radius 1 is 1.54 bits per heavy atom. The van der Waals surface area contributed by atoms with Crippen LogP contribution in [0.2, 0.25) is 0 Å². The Morgan fingerprint density at radius 3 is 2.46 bits per heavy atom. The lowest BCUT2D eigenvalue weighted by atomic mass is 10.2. The minimum atomic E-state index is -1.49. The van der Waals surface area contributed by atoms with Crippen molar-refractivity contribution < 1.29 is 24.5 Å². The van der Waals surface area contributed by atoms with Gasteiger partial charge in [-0.1, -0.05) is 6.58 Å². The van der Waals surface area contributed by atoms with E-state index >= 15 is 0 Å². The van der Waals surface area contributed by atoms with Crippen molar-refractivity contribution in [3.8, 4) is 0 Å². The van der Waals surface area contributed by atoms with E-state index in [9.17, 15) is 9.59 Å². The molecule has 0 aromatic heterocycles. The van der Waals surface area contributed by atoms with Gasteiger partial charge in [0, 0.05) is 5.57 Å². The Kier molecular flexibility index (Phi) is 4.94. The van der Waals surface area contributed by atoms with Gasteiger partial charge in [0.2, 0.25) is 5.78 Å². The Morgan fingerprint density at radius 2 is 2.08 bits per heavy atom. The molecule has 0 aromatic carbocycles. The lowest BCUT2D eigenvalue weighted by Gasteiger charge is -2.06. The second-order valence-corrected chi connectivity index (χ2v) is 2.52. The van der Waals surface area contributed by atoms with E-state index < -0.39 is 31.1 Å². The van der Waals surface area contributed by atoms with Crippen molar-refractivity contribution >= 4 is 11.8 Å². The molecule has 0 aromatic rings. The third-order valence-corrected chi connectivity index (χ3v) is 1.24. The number of ether oxygens (including phenoxy) is 1. The highest BCUT2D eigenvalue weighted by Gasteiger charge is 2.15. The molecule has 1 unspecified atom stereocenters. The van der Waals surface area contributed by atoms with Gasteiger partial charge in [-0.3, -0.25) is 4.79 Å². The molecule has 0 aliphatic rings. The molecule has 0 spiro atoms. The molecule has 5 nitrogen and oxygen atoms in total. The second-order valence-electron chi connectivity index (χ2n) is 2.52. The number of aliphatic hydroxyl groups excluding tert-OH is 2. The first-order chi connectivity index (χ1) is 5.99. The molecule has 0 heterocycles. The fourth-order valence-electron chi connectivity index (χ4n) is 0.458. The quantitative estimate of drug-likeness (QED) is 0.428. The van der Waals surface area contributed by atoms with Crippen LogP contribution in [0.1, 0.15) is 6.92 Å². The molecule has 0 amide bonds. The molecule has 0 radical (unpaired) electrons. The summed E-state index contributed by atoms with van der Waals surface area (Å²) in [6.07, 6.45) is -1.49. The van der Waals surface area contributed by atoms with Crippen molar-refractivity contribution in [3.63, 3.8) is 0 Å². The Labute approximate surface area is 75.6 Å². The monoisotopic (exact) mass is 188 g/mol. The van der Waals surface area contributed by atoms with Crippen LogP contribution in [0.15, 0.2) is 12.2 Å². The molecular weight excluding hydrogens is 176 g/mol. The fourth-order valence-corrected chi connectivity index (χ4v) is 0.458. The third kappa shape index (κ3) is 4.39. The Bertz CT molecular complexity index is 221. The molecule has 0 aliphatic heterocycles. The van der Waals surface area contributed by atoms with Gasteiger partial charge in [-0.2, -0.15) is 0 Å². The summed E-state index contributed by atoms with van der Waals surface area (Å²) in [5.41, 5.74) is 0.172. The number of carbonyl (C=O) groups excluding carboxylic acids is 2. The largest absolute Gasteiger partial charge is 0.454 e. The molecule has 0 saturated heterocycles. The average Bonchev–Trinajstić information content (AvgIpc) is 2.11. The normalized spacial score (nSPS) is 11.9. The van der Waals surface area contributed by atoms with Crippen molar-refractivity contribution in [3.05, 3.63) is 12.2 Å². The van der Waals surface area contributed by atoms with Gasteiger partial charge in [0.05, 0.1) is 6.61 Å². The summed E-state index contributed by atoms with van der Waals surface area (Å²) < 4.78 is 4.43. The smallest absolute Gasteiger partial charge is 0.333 e. The van der Waals surface area contributed by atoms with E-state index in [1.54, 1.807) is 0 Å². The summed E-state index contributed by atoms with van der Waals surface area (Å²) in [6, 6.07) is 0. The van der Waals surface area contributed by atoms with E-state index in [1.165, 1.54) is 6.92 Å². The maximum Gasteiger partial charge on any atom is 0.333 e. The molecule has 74 valence electrons. The van der Waals surface area contributed by atoms with E-state index in [4.69, 9.17) is 10.2 Å². The number of Topliss-reactive ketones (excluding diaryl/α,β-unsaturated/α-hetero) is 1. The number of aliphatic hydroxyl groups is 2. The molecule has 1 atom stereocenters. The van der Waals surface area contributed by atoms with Crippen LogP contribution >= 0.6 is 0 Å². The molecule has 2 N–H and O–H groups in total. The number of hydrogen-bond donors (Lipinski definition) is 2. The van der Waals surface area contributed by atoms with Crippen LogP contribution in [0.3, 0.4) is 0 Å². The van der Waals surface area contributed by atoms with E-state index in [1.807, 2.05) is 0 Å². The molecule has 0 bridgehead atoms. The first-order valence-electron chi connectivity index (χ1n) is 3.63. The van der Waals surface area contributed by atoms with Gasteiger partial charge in [-0.05, 0) is 6.92 Å². The van der Waals surface area contributed by atoms with E-state index in [-0.39, 0.29) is 5.57 Å². The minimum absolute atomic E-state index is 0.172. The molecular formula is C8H12O5. The summed E-state index contributed by atoms with van der Waals surface area (Å²) >= 11 is 0. The number of ketones is 1. The van der Waals surface area contributed by atoms with Crippen molar-refractivity contribution in [2.45, 2.75) is 13.0 Å². The van der Waals surface area contributed by atoms with Crippen molar-refractivity contribution in [1.29, 1.82) is 0 Å². The van der Waals surface area contributed by atoms with Crippen LogP contribution in [0.4, 0.5) is 0 Å². The molecule has 0 aliphatic carbocycles. The molecule has 13 heavy (non-hydrogen) atoms. The first-order valence-corrected chi connectivity index (χ1v) is 3.63. The first kappa shape index (κ1) is 11.8. The summed E-state index contributed by atoms with van der Waals surface area (Å²) in [5.74, 6) is -1.43. The van der Waals surface area contributed by atoms with Crippen LogP contribution < -0.4 is 0 Å². The average molecular weight is 188 g/mol. The minimum Gasteiger partial charge on any atom is -0.454 e. The van der Waals surface area contributed by atoms with Gasteiger partial charge in [0.25, 0.3) is 0 Å². The van der Waals surface area contributed by atoms with E-state index in [0.29, 0.717) is 0 Å². The maximum absolute atomic E-state index is 10.8. The topological polar surface area (TPSA) is 83.8 Å². The summed E-state index contributed by atoms with van der Waals surface area (Å²) in [4.78, 5) is 21.5. The Hall–Kier alpha value is -1.20. The Balaban J connectivity index is 3.83. The lowest BCUT2D eigenvalue weighted by Crippen LogP contribution is -2.29. The molecule has 0 fully saturated rings. The predicted octanol–water partition coefficient (Wildman–Crippen LogP) is -0.972. The number of esters is 1. The van der Waals surface area contributed by atoms with Crippen molar-refractivity contribution in [1.82, 2.24) is 0 Å². The van der Waals surface area contributed by atoms with Crippen molar-refractivity contribution in [2.24, 2.45) is 0 Å². The lowest BCUT2D eigenvalue weighted by molar-refractivity contribution is -0.147. The molecule has 5 heteroatoms. The SMILES string of the molecule is C=C(C)C(=O)OCC(=O)C(O)CO. The highest BCUT2D eigenvalue weighted by molar-refractivity contribution is 5.91. The van der Waals surface area contributed by atoms with Crippen molar-refractivity contribution in [2.75, 3.05) is 13.2 Å². The van der Waals surface area contributed by atoms with E-state index in [0.717, 1.165) is 0 Å². The molecule has 0 saturated carbocycles. The predicted molar refractivity (Wildman–Crippen MR) is 43.9 cm³/mol. The van der Waals surface area contributed by atoms with Crippen LogP contribution in [-0.4, -0.2) is 41.3 Å². The zero-order valence-electron chi connectivity index (χ0n) is 7.32. The van der Waals surface area contributed by atoms with Crippen LogP contribution in [0, 0.1) is 0 Å². The van der Waals surface area contributed by atoms with Crippen LogP contribution in [0.5, 0.6) is 0 Å². The second kappa shape index (κ2) is 5.45. The van der Waals surface area contributed by atoms with Gasteiger partial charge in [-0.15, -0.1) is 0 Å². The van der Waals surface area contributed by atoms with Gasteiger partial charge in [0.15, 0.2) is 6.61 Å². The summed E-state index contributed by atoms with van der Waals surface area (Å²) in [7, 11) is 0. The van der Waals surface area contributed by atoms with Gasteiger partial charge >= 0.3 is 5.97 Å². The fraction of sp³-hybridized carbons (Fsp3) is 0.500. The number of rotatable bonds is 5. The molecule has 0 rings (SSSR count). The summed E-state index contributed by atoms with van der Waals surface area (Å²) in [6.45, 7) is 3.51. The van der Waals surface area contributed by atoms with Gasteiger partial charge in [0.1, 0.15) is 6.10 Å². The standard InChI is InChI=1S/C8H12O5/c1-5(2)8(12)13-4-7(11)6(10)3-9/h6,9-10H,1,3-4H2,2H3. The number of carbonyl (C=O) groups is 2. The zero-order chi connectivity index (χ0) is 10.4. The number of hydrogen-bond acceptors (Lipinski definition) is 5. The maximum atomic E-state index is 10.8. The highest BCUT2D eigenvalue weighted by Crippen LogP contribution is 1.93. The van der Waals surface area contributed by atoms with Gasteiger partial charge < -0.3 is 14.9 Å². The van der Waals surface area contributed by atoms with Crippen LogP contribution in [0.25, 0.3) is 0 Å². The highest BCUT2D eigenvalue weighted by atomic mass is 16.5. The van der Waals surface area contributed by atoms with E-state index in [2.05, 4.69) is 11.3 Å².